The van der Waals surface area contributed by atoms with Crippen LogP contribution in [0.4, 0.5) is 0 Å². The molecular weight excluding hydrogens is 194 g/mol. The molecule has 0 radical (unpaired) electrons. The molecule has 0 aliphatic heterocycles. The molecule has 0 unspecified atom stereocenters. The summed E-state index contributed by atoms with van der Waals surface area (Å²) in [7, 11) is 0. The topological polar surface area (TPSA) is 84.2 Å². The van der Waals surface area contributed by atoms with Crippen molar-refractivity contribution < 1.29 is 9.84 Å². The van der Waals surface area contributed by atoms with Gasteiger partial charge in [-0.05, 0) is 12.1 Å². The molecule has 0 amide bonds. The predicted octanol–water partition coefficient (Wildman–Crippen LogP) is 0.744. The van der Waals surface area contributed by atoms with Crippen LogP contribution in [0, 0.1) is 0 Å². The van der Waals surface area contributed by atoms with Crippen molar-refractivity contribution in [1.82, 2.24) is 9.97 Å². The molecule has 0 atom stereocenters. The number of nitrogens with two attached hydrogens (primary N) is 1. The number of ether oxygens (including phenoxy) is 1. The molecule has 4 N–H and O–H groups in total. The van der Waals surface area contributed by atoms with Gasteiger partial charge < -0.3 is 20.6 Å². The van der Waals surface area contributed by atoms with E-state index in [4.69, 9.17) is 10.5 Å². The van der Waals surface area contributed by atoms with E-state index in [2.05, 4.69) is 9.97 Å². The van der Waals surface area contributed by atoms with Gasteiger partial charge in [0.25, 0.3) is 0 Å². The number of hydrogen-bond acceptors (Lipinski definition) is 4. The van der Waals surface area contributed by atoms with Crippen LogP contribution < -0.4 is 5.73 Å². The summed E-state index contributed by atoms with van der Waals surface area (Å²) in [4.78, 5) is 7.35. The lowest BCUT2D eigenvalue weighted by molar-refractivity contribution is 0.123. The first-order valence-corrected chi connectivity index (χ1v) is 4.75. The highest BCUT2D eigenvalue weighted by Gasteiger charge is 2.02. The Hall–Kier alpha value is -1.59. The maximum atomic E-state index is 9.26. The summed E-state index contributed by atoms with van der Waals surface area (Å²) < 4.78 is 5.25. The number of aromatic amines is 1. The van der Waals surface area contributed by atoms with Crippen LogP contribution >= 0.6 is 0 Å². The van der Waals surface area contributed by atoms with Crippen LogP contribution in [0.25, 0.3) is 11.0 Å². The first-order valence-electron chi connectivity index (χ1n) is 4.75. The number of benzene rings is 1. The number of phenols is 1. The standard InChI is InChI=1S/C10H13N3O2/c11-3-4-15-6-10-12-8-2-1-7(14)5-9(8)13-10/h1-2,5,14H,3-4,6,11H2,(H,12,13). The second-order valence-corrected chi connectivity index (χ2v) is 3.23. The number of fused-ring (bicyclic) bond motifs is 1. The van der Waals surface area contributed by atoms with Gasteiger partial charge in [-0.25, -0.2) is 4.98 Å². The molecule has 0 fully saturated rings. The van der Waals surface area contributed by atoms with E-state index in [-0.39, 0.29) is 5.75 Å². The number of H-pyrrole nitrogens is 1. The average Bonchev–Trinajstić information content (AvgIpc) is 2.60. The van der Waals surface area contributed by atoms with Crippen LogP contribution in [0.5, 0.6) is 5.75 Å². The van der Waals surface area contributed by atoms with Gasteiger partial charge in [0.1, 0.15) is 18.2 Å². The maximum absolute atomic E-state index is 9.26. The highest BCUT2D eigenvalue weighted by atomic mass is 16.5. The number of hydrogen-bond donors (Lipinski definition) is 3. The average molecular weight is 207 g/mol. The van der Waals surface area contributed by atoms with Gasteiger partial charge in [-0.15, -0.1) is 0 Å². The van der Waals surface area contributed by atoms with E-state index in [1.54, 1.807) is 18.2 Å². The SMILES string of the molecule is NCCOCc1nc2ccc(O)cc2[nH]1. The summed E-state index contributed by atoms with van der Waals surface area (Å²) in [6.45, 7) is 1.43. The molecule has 0 spiro atoms. The second kappa shape index (κ2) is 4.29. The third-order valence-corrected chi connectivity index (χ3v) is 2.02. The number of nitrogens with one attached hydrogen (secondary N) is 1. The molecule has 0 saturated heterocycles. The first-order chi connectivity index (χ1) is 7.29. The molecule has 2 aromatic rings. The zero-order valence-electron chi connectivity index (χ0n) is 8.23. The number of aromatic nitrogens is 2. The van der Waals surface area contributed by atoms with Gasteiger partial charge in [0.2, 0.25) is 0 Å². The van der Waals surface area contributed by atoms with Crippen molar-refractivity contribution >= 4 is 11.0 Å². The monoisotopic (exact) mass is 207 g/mol. The van der Waals surface area contributed by atoms with Gasteiger partial charge >= 0.3 is 0 Å². The first kappa shape index (κ1) is 9.95. The Morgan fingerprint density at radius 3 is 3.13 bits per heavy atom. The van der Waals surface area contributed by atoms with Crippen LogP contribution in [0.15, 0.2) is 18.2 Å². The fourth-order valence-corrected chi connectivity index (χ4v) is 1.37. The largest absolute Gasteiger partial charge is 0.508 e. The van der Waals surface area contributed by atoms with Gasteiger partial charge in [-0.2, -0.15) is 0 Å². The molecule has 80 valence electrons. The molecule has 0 aliphatic rings. The van der Waals surface area contributed by atoms with Gasteiger partial charge in [0.05, 0.1) is 17.6 Å². The highest BCUT2D eigenvalue weighted by molar-refractivity contribution is 5.76. The minimum Gasteiger partial charge on any atom is -0.508 e. The molecule has 2 rings (SSSR count). The van der Waals surface area contributed by atoms with Crippen molar-refractivity contribution in [2.75, 3.05) is 13.2 Å². The van der Waals surface area contributed by atoms with Crippen LogP contribution in [-0.2, 0) is 11.3 Å². The van der Waals surface area contributed by atoms with Crippen molar-refractivity contribution in [3.05, 3.63) is 24.0 Å². The Morgan fingerprint density at radius 1 is 1.47 bits per heavy atom. The Balaban J connectivity index is 2.16. The summed E-state index contributed by atoms with van der Waals surface area (Å²) in [5.41, 5.74) is 6.92. The summed E-state index contributed by atoms with van der Waals surface area (Å²) in [5.74, 6) is 0.963. The van der Waals surface area contributed by atoms with Crippen LogP contribution in [-0.4, -0.2) is 28.2 Å². The van der Waals surface area contributed by atoms with Crippen LogP contribution in [0.2, 0.25) is 0 Å². The Labute approximate surface area is 86.9 Å². The summed E-state index contributed by atoms with van der Waals surface area (Å²) in [5, 5.41) is 9.26. The van der Waals surface area contributed by atoms with E-state index in [0.717, 1.165) is 16.9 Å². The fraction of sp³-hybridized carbons (Fsp3) is 0.300. The number of nitrogens with zero attached hydrogens (tertiary/aromatic N) is 1. The third kappa shape index (κ3) is 2.26. The summed E-state index contributed by atoms with van der Waals surface area (Å²) >= 11 is 0. The lowest BCUT2D eigenvalue weighted by Crippen LogP contribution is -2.08. The van der Waals surface area contributed by atoms with Crippen molar-refractivity contribution in [3.8, 4) is 5.75 Å². The van der Waals surface area contributed by atoms with E-state index in [9.17, 15) is 5.11 Å². The molecule has 15 heavy (non-hydrogen) atoms. The minimum absolute atomic E-state index is 0.223. The highest BCUT2D eigenvalue weighted by Crippen LogP contribution is 2.17. The molecule has 5 nitrogen and oxygen atoms in total. The fourth-order valence-electron chi connectivity index (χ4n) is 1.37. The molecule has 1 aromatic heterocycles. The molecule has 0 aliphatic carbocycles. The van der Waals surface area contributed by atoms with E-state index in [1.807, 2.05) is 0 Å². The van der Waals surface area contributed by atoms with E-state index in [0.29, 0.717) is 19.8 Å². The molecule has 0 saturated carbocycles. The zero-order chi connectivity index (χ0) is 10.7. The third-order valence-electron chi connectivity index (χ3n) is 2.02. The normalized spacial score (nSPS) is 11.0. The van der Waals surface area contributed by atoms with Crippen LogP contribution in [0.3, 0.4) is 0 Å². The lowest BCUT2D eigenvalue weighted by Gasteiger charge is -1.97. The molecular formula is C10H13N3O2. The van der Waals surface area contributed by atoms with E-state index < -0.39 is 0 Å². The number of aromatic hydroxyl groups is 1. The van der Waals surface area contributed by atoms with Crippen molar-refractivity contribution in [2.45, 2.75) is 6.61 Å². The number of rotatable bonds is 4. The number of imidazole rings is 1. The Bertz CT molecular complexity index is 453. The Morgan fingerprint density at radius 2 is 2.33 bits per heavy atom. The van der Waals surface area contributed by atoms with Gasteiger partial charge in [0.15, 0.2) is 0 Å². The Kier molecular flexibility index (Phi) is 2.84. The molecule has 0 bridgehead atoms. The minimum atomic E-state index is 0.223. The van der Waals surface area contributed by atoms with E-state index in [1.165, 1.54) is 0 Å². The molecule has 1 aromatic carbocycles. The maximum Gasteiger partial charge on any atom is 0.133 e. The predicted molar refractivity (Wildman–Crippen MR) is 56.5 cm³/mol. The zero-order valence-corrected chi connectivity index (χ0v) is 8.23. The van der Waals surface area contributed by atoms with Crippen molar-refractivity contribution in [1.29, 1.82) is 0 Å². The number of phenolic OH excluding ortho intramolecular Hbond substituents is 1. The summed E-state index contributed by atoms with van der Waals surface area (Å²) in [6, 6.07) is 5.00. The smallest absolute Gasteiger partial charge is 0.133 e. The van der Waals surface area contributed by atoms with E-state index >= 15 is 0 Å². The van der Waals surface area contributed by atoms with Gasteiger partial charge in [0, 0.05) is 12.6 Å². The second-order valence-electron chi connectivity index (χ2n) is 3.23. The quantitative estimate of drug-likeness (QED) is 0.646. The van der Waals surface area contributed by atoms with Crippen molar-refractivity contribution in [2.24, 2.45) is 5.73 Å². The van der Waals surface area contributed by atoms with Gasteiger partial charge in [-0.1, -0.05) is 0 Å². The van der Waals surface area contributed by atoms with Crippen LogP contribution in [0.1, 0.15) is 5.82 Å². The molecule has 5 heteroatoms. The molecule has 1 heterocycles. The van der Waals surface area contributed by atoms with Gasteiger partial charge in [-0.3, -0.25) is 0 Å². The summed E-state index contributed by atoms with van der Waals surface area (Å²) in [6.07, 6.45) is 0. The lowest BCUT2D eigenvalue weighted by atomic mass is 10.3. The van der Waals surface area contributed by atoms with Crippen molar-refractivity contribution in [3.63, 3.8) is 0 Å².